The van der Waals surface area contributed by atoms with Gasteiger partial charge in [0.05, 0.1) is 20.3 Å². The lowest BCUT2D eigenvalue weighted by Crippen LogP contribution is -2.33. The molecule has 2 aromatic rings. The van der Waals surface area contributed by atoms with Gasteiger partial charge in [-0.1, -0.05) is 29.8 Å². The average molecular weight is 350 g/mol. The van der Waals surface area contributed by atoms with E-state index in [1.54, 1.807) is 26.4 Å². The van der Waals surface area contributed by atoms with Crippen molar-refractivity contribution in [3.05, 3.63) is 58.6 Å². The van der Waals surface area contributed by atoms with Crippen LogP contribution in [0.2, 0.25) is 5.02 Å². The summed E-state index contributed by atoms with van der Waals surface area (Å²) in [6.45, 7) is 2.72. The van der Waals surface area contributed by atoms with Crippen molar-refractivity contribution in [1.29, 1.82) is 0 Å². The molecule has 0 aliphatic heterocycles. The lowest BCUT2D eigenvalue weighted by molar-refractivity contribution is 0.136. The monoisotopic (exact) mass is 349 g/mol. The van der Waals surface area contributed by atoms with Crippen LogP contribution in [0.3, 0.4) is 0 Å². The molecule has 2 aromatic carbocycles. The smallest absolute Gasteiger partial charge is 0.160 e. The van der Waals surface area contributed by atoms with Gasteiger partial charge in [0.2, 0.25) is 0 Å². The maximum absolute atomic E-state index is 10.4. The number of aliphatic hydroxyl groups excluding tert-OH is 1. The quantitative estimate of drug-likeness (QED) is 0.764. The van der Waals surface area contributed by atoms with Crippen LogP contribution < -0.4 is 14.8 Å². The molecule has 0 amide bonds. The van der Waals surface area contributed by atoms with Crippen molar-refractivity contribution in [2.24, 2.45) is 0 Å². The van der Waals surface area contributed by atoms with E-state index in [4.69, 9.17) is 21.1 Å². The van der Waals surface area contributed by atoms with Crippen LogP contribution in [0.5, 0.6) is 11.5 Å². The van der Waals surface area contributed by atoms with Crippen LogP contribution in [0, 0.1) is 0 Å². The first-order valence-corrected chi connectivity index (χ1v) is 8.30. The predicted octanol–water partition coefficient (Wildman–Crippen LogP) is 3.61. The first-order valence-electron chi connectivity index (χ1n) is 7.93. The van der Waals surface area contributed by atoms with Gasteiger partial charge in [0.1, 0.15) is 0 Å². The number of halogens is 1. The number of nitrogens with one attached hydrogen (secondary N) is 1. The molecule has 130 valence electrons. The van der Waals surface area contributed by atoms with Crippen molar-refractivity contribution in [1.82, 2.24) is 5.32 Å². The lowest BCUT2D eigenvalue weighted by atomic mass is 10.0. The van der Waals surface area contributed by atoms with Gasteiger partial charge in [-0.3, -0.25) is 0 Å². The third-order valence-corrected chi connectivity index (χ3v) is 4.27. The molecule has 0 aromatic heterocycles. The molecule has 2 rings (SSSR count). The molecule has 2 atom stereocenters. The van der Waals surface area contributed by atoms with Crippen LogP contribution >= 0.6 is 11.6 Å². The zero-order chi connectivity index (χ0) is 17.5. The first-order chi connectivity index (χ1) is 11.5. The van der Waals surface area contributed by atoms with E-state index in [1.807, 2.05) is 37.3 Å². The fourth-order valence-electron chi connectivity index (χ4n) is 2.54. The summed E-state index contributed by atoms with van der Waals surface area (Å²) >= 11 is 5.88. The van der Waals surface area contributed by atoms with Crippen molar-refractivity contribution in [3.8, 4) is 11.5 Å². The minimum atomic E-state index is -0.576. The minimum absolute atomic E-state index is 0.0636. The maximum Gasteiger partial charge on any atom is 0.160 e. The van der Waals surface area contributed by atoms with Gasteiger partial charge in [-0.15, -0.1) is 0 Å². The molecule has 5 heteroatoms. The summed E-state index contributed by atoms with van der Waals surface area (Å²) < 4.78 is 10.6. The standard InChI is InChI=1S/C19H24ClNO3/c1-13(19(22)15-5-7-16(20)8-6-15)21-11-10-14-4-9-17(23-2)18(12-14)24-3/h4-9,12-13,19,21-22H,10-11H2,1-3H3. The van der Waals surface area contributed by atoms with Crippen LogP contribution in [0.25, 0.3) is 0 Å². The number of aliphatic hydroxyl groups is 1. The Morgan fingerprint density at radius 3 is 2.33 bits per heavy atom. The summed E-state index contributed by atoms with van der Waals surface area (Å²) in [5, 5.41) is 14.4. The van der Waals surface area contributed by atoms with Gasteiger partial charge in [0.15, 0.2) is 11.5 Å². The highest BCUT2D eigenvalue weighted by Gasteiger charge is 2.15. The van der Waals surface area contributed by atoms with Crippen LogP contribution in [-0.2, 0) is 6.42 Å². The van der Waals surface area contributed by atoms with Gasteiger partial charge in [0.25, 0.3) is 0 Å². The molecule has 0 radical (unpaired) electrons. The Balaban J connectivity index is 1.88. The second-order valence-corrected chi connectivity index (χ2v) is 6.11. The molecule has 0 saturated carbocycles. The molecule has 24 heavy (non-hydrogen) atoms. The van der Waals surface area contributed by atoms with E-state index in [0.717, 1.165) is 35.6 Å². The fraction of sp³-hybridized carbons (Fsp3) is 0.368. The molecule has 0 saturated heterocycles. The molecule has 0 spiro atoms. The molecular weight excluding hydrogens is 326 g/mol. The van der Waals surface area contributed by atoms with Crippen LogP contribution in [0.15, 0.2) is 42.5 Å². The number of benzene rings is 2. The van der Waals surface area contributed by atoms with E-state index >= 15 is 0 Å². The van der Waals surface area contributed by atoms with E-state index in [-0.39, 0.29) is 6.04 Å². The summed E-state index contributed by atoms with van der Waals surface area (Å²) in [4.78, 5) is 0. The number of ether oxygens (including phenoxy) is 2. The van der Waals surface area contributed by atoms with Gasteiger partial charge in [-0.25, -0.2) is 0 Å². The Morgan fingerprint density at radius 1 is 1.04 bits per heavy atom. The third kappa shape index (κ3) is 4.87. The molecule has 2 unspecified atom stereocenters. The van der Waals surface area contributed by atoms with Gasteiger partial charge < -0.3 is 19.9 Å². The predicted molar refractivity (Wildman–Crippen MR) is 97.1 cm³/mol. The highest BCUT2D eigenvalue weighted by Crippen LogP contribution is 2.27. The van der Waals surface area contributed by atoms with E-state index in [2.05, 4.69) is 5.32 Å². The molecule has 2 N–H and O–H groups in total. The molecule has 0 aliphatic rings. The summed E-state index contributed by atoms with van der Waals surface area (Å²) in [6, 6.07) is 13.1. The maximum atomic E-state index is 10.4. The number of methoxy groups -OCH3 is 2. The van der Waals surface area contributed by atoms with Crippen LogP contribution in [-0.4, -0.2) is 31.9 Å². The Hall–Kier alpha value is -1.75. The van der Waals surface area contributed by atoms with E-state index in [9.17, 15) is 5.11 Å². The zero-order valence-corrected chi connectivity index (χ0v) is 15.0. The number of hydrogen-bond donors (Lipinski definition) is 2. The fourth-order valence-corrected chi connectivity index (χ4v) is 2.67. The second-order valence-electron chi connectivity index (χ2n) is 5.68. The normalized spacial score (nSPS) is 13.4. The number of rotatable bonds is 8. The summed E-state index contributed by atoms with van der Waals surface area (Å²) in [6.07, 6.45) is 0.255. The Kier molecular flexibility index (Phi) is 6.91. The molecular formula is C19H24ClNO3. The van der Waals surface area contributed by atoms with Crippen molar-refractivity contribution < 1.29 is 14.6 Å². The zero-order valence-electron chi connectivity index (χ0n) is 14.3. The van der Waals surface area contributed by atoms with Crippen LogP contribution in [0.4, 0.5) is 0 Å². The van der Waals surface area contributed by atoms with Crippen LogP contribution in [0.1, 0.15) is 24.2 Å². The van der Waals surface area contributed by atoms with Crippen molar-refractivity contribution >= 4 is 11.6 Å². The van der Waals surface area contributed by atoms with E-state index < -0.39 is 6.10 Å². The molecule has 0 heterocycles. The topological polar surface area (TPSA) is 50.7 Å². The van der Waals surface area contributed by atoms with Gasteiger partial charge in [0, 0.05) is 11.1 Å². The first kappa shape index (κ1) is 18.6. The highest BCUT2D eigenvalue weighted by molar-refractivity contribution is 6.30. The lowest BCUT2D eigenvalue weighted by Gasteiger charge is -2.21. The van der Waals surface area contributed by atoms with Gasteiger partial charge in [-0.2, -0.15) is 0 Å². The summed E-state index contributed by atoms with van der Waals surface area (Å²) in [7, 11) is 3.25. The Morgan fingerprint density at radius 2 is 1.71 bits per heavy atom. The highest BCUT2D eigenvalue weighted by atomic mass is 35.5. The molecule has 4 nitrogen and oxygen atoms in total. The SMILES string of the molecule is COc1ccc(CCNC(C)C(O)c2ccc(Cl)cc2)cc1OC. The molecule has 0 fully saturated rings. The molecule has 0 aliphatic carbocycles. The van der Waals surface area contributed by atoms with Gasteiger partial charge in [-0.05, 0) is 55.3 Å². The van der Waals surface area contributed by atoms with E-state index in [0.29, 0.717) is 5.02 Å². The number of hydrogen-bond acceptors (Lipinski definition) is 4. The second kappa shape index (κ2) is 8.92. The van der Waals surface area contributed by atoms with Crippen molar-refractivity contribution in [2.75, 3.05) is 20.8 Å². The molecule has 0 bridgehead atoms. The van der Waals surface area contributed by atoms with Crippen molar-refractivity contribution in [2.45, 2.75) is 25.5 Å². The summed E-state index contributed by atoms with van der Waals surface area (Å²) in [5.74, 6) is 1.45. The van der Waals surface area contributed by atoms with Crippen molar-refractivity contribution in [3.63, 3.8) is 0 Å². The largest absolute Gasteiger partial charge is 0.493 e. The Labute approximate surface area is 148 Å². The minimum Gasteiger partial charge on any atom is -0.493 e. The van der Waals surface area contributed by atoms with E-state index in [1.165, 1.54) is 0 Å². The third-order valence-electron chi connectivity index (χ3n) is 4.01. The van der Waals surface area contributed by atoms with Gasteiger partial charge >= 0.3 is 0 Å². The summed E-state index contributed by atoms with van der Waals surface area (Å²) in [5.41, 5.74) is 2.00. The average Bonchev–Trinajstić information content (AvgIpc) is 2.61. The Bertz CT molecular complexity index is 646.